The molecular formula is C27H31NO8. The molecule has 2 aromatic rings. The van der Waals surface area contributed by atoms with E-state index in [4.69, 9.17) is 10.5 Å². The van der Waals surface area contributed by atoms with E-state index in [-0.39, 0.29) is 51.8 Å². The summed E-state index contributed by atoms with van der Waals surface area (Å²) in [4.78, 5) is 26.7. The molecule has 0 aromatic heterocycles. The minimum atomic E-state index is -1.08. The summed E-state index contributed by atoms with van der Waals surface area (Å²) in [5.41, 5.74) is 6.61. The molecule has 9 heteroatoms. The first kappa shape index (κ1) is 24.9. The van der Waals surface area contributed by atoms with Crippen LogP contribution in [-0.2, 0) is 11.2 Å². The number of fused-ring (bicyclic) bond motifs is 3. The lowest BCUT2D eigenvalue weighted by Gasteiger charge is -2.41. The fourth-order valence-corrected chi connectivity index (χ4v) is 6.21. The highest BCUT2D eigenvalue weighted by Gasteiger charge is 2.44. The number of aliphatic hydroxyl groups excluding tert-OH is 3. The summed E-state index contributed by atoms with van der Waals surface area (Å²) in [6.45, 7) is 1.24. The zero-order chi connectivity index (χ0) is 25.9. The van der Waals surface area contributed by atoms with E-state index >= 15 is 0 Å². The van der Waals surface area contributed by atoms with Crippen LogP contribution in [-0.4, -0.2) is 74.2 Å². The fraction of sp³-hybridized carbons (Fsp3) is 0.481. The molecule has 0 saturated carbocycles. The number of hydrogen-bond acceptors (Lipinski definition) is 9. The highest BCUT2D eigenvalue weighted by Crippen LogP contribution is 2.52. The van der Waals surface area contributed by atoms with E-state index in [1.807, 2.05) is 0 Å². The number of carbonyl (C=O) groups is 2. The van der Waals surface area contributed by atoms with E-state index in [1.165, 1.54) is 12.1 Å². The predicted octanol–water partition coefficient (Wildman–Crippen LogP) is 1.13. The van der Waals surface area contributed by atoms with Crippen LogP contribution in [0.1, 0.15) is 75.1 Å². The Morgan fingerprint density at radius 2 is 1.67 bits per heavy atom. The maximum absolute atomic E-state index is 13.4. The first-order valence-electron chi connectivity index (χ1n) is 12.3. The van der Waals surface area contributed by atoms with Gasteiger partial charge in [-0.05, 0) is 44.4 Å². The molecular weight excluding hydrogens is 466 g/mol. The van der Waals surface area contributed by atoms with Crippen molar-refractivity contribution < 1.29 is 39.9 Å². The van der Waals surface area contributed by atoms with Crippen LogP contribution in [0.3, 0.4) is 0 Å². The van der Waals surface area contributed by atoms with Crippen molar-refractivity contribution in [2.45, 2.75) is 69.0 Å². The van der Waals surface area contributed by atoms with Gasteiger partial charge in [-0.15, -0.1) is 0 Å². The average Bonchev–Trinajstić information content (AvgIpc) is 2.87. The molecule has 36 heavy (non-hydrogen) atoms. The normalized spacial score (nSPS) is 30.4. The Labute approximate surface area is 208 Å². The minimum Gasteiger partial charge on any atom is -0.507 e. The van der Waals surface area contributed by atoms with E-state index in [9.17, 15) is 35.1 Å². The second kappa shape index (κ2) is 9.24. The van der Waals surface area contributed by atoms with E-state index in [1.54, 1.807) is 19.1 Å². The zero-order valence-electron chi connectivity index (χ0n) is 19.9. The molecule has 7 atom stereocenters. The first-order chi connectivity index (χ1) is 17.1. The standard InChI is InChI=1S/C27H31NO8/c1-11-23(31)18(28)9-14(36-11)7-13-6-12(19(30)10-29)8-17-20(13)27(35)22-21(26(17)34)24(32)15-4-2-3-5-16(15)25(22)33/h2-5,11-14,18-19,23,29-31,34-35H,6-10,28H2,1H3/t11-,12?,13?,14-,18-,19?,23+/m0/s1. The lowest BCUT2D eigenvalue weighted by atomic mass is 9.69. The molecule has 1 fully saturated rings. The molecule has 3 unspecified atom stereocenters. The highest BCUT2D eigenvalue weighted by molar-refractivity contribution is 6.30. The Balaban J connectivity index is 1.63. The number of ether oxygens (including phenoxy) is 1. The number of aliphatic hydroxyl groups is 3. The molecule has 3 aliphatic rings. The SMILES string of the molecule is C[C@@H]1O[C@@H](CC2CC(C(O)CO)Cc3c(O)c4c(c(O)c32)C(=O)c2ccccc2C4=O)C[C@H](N)[C@@H]1O. The lowest BCUT2D eigenvalue weighted by molar-refractivity contribution is -0.122. The van der Waals surface area contributed by atoms with Gasteiger partial charge in [0.25, 0.3) is 0 Å². The molecule has 1 heterocycles. The number of rotatable bonds is 4. The van der Waals surface area contributed by atoms with E-state index in [0.29, 0.717) is 24.8 Å². The maximum atomic E-state index is 13.4. The molecule has 192 valence electrons. The molecule has 0 radical (unpaired) electrons. The van der Waals surface area contributed by atoms with E-state index < -0.39 is 54.4 Å². The van der Waals surface area contributed by atoms with Crippen LogP contribution in [0.2, 0.25) is 0 Å². The van der Waals surface area contributed by atoms with Gasteiger partial charge in [-0.1, -0.05) is 24.3 Å². The van der Waals surface area contributed by atoms with Crippen LogP contribution in [0.15, 0.2) is 24.3 Å². The Hall–Kier alpha value is -2.82. The summed E-state index contributed by atoms with van der Waals surface area (Å²) in [5, 5.41) is 53.0. The van der Waals surface area contributed by atoms with Crippen molar-refractivity contribution in [3.63, 3.8) is 0 Å². The monoisotopic (exact) mass is 497 g/mol. The Kier molecular flexibility index (Phi) is 6.38. The average molecular weight is 498 g/mol. The number of ketones is 2. The predicted molar refractivity (Wildman–Crippen MR) is 128 cm³/mol. The molecule has 1 saturated heterocycles. The van der Waals surface area contributed by atoms with Gasteiger partial charge in [-0.25, -0.2) is 0 Å². The van der Waals surface area contributed by atoms with Gasteiger partial charge >= 0.3 is 0 Å². The largest absolute Gasteiger partial charge is 0.507 e. The van der Waals surface area contributed by atoms with Crippen LogP contribution in [0.5, 0.6) is 11.5 Å². The number of benzene rings is 2. The van der Waals surface area contributed by atoms with Gasteiger partial charge in [0.05, 0.1) is 42.1 Å². The van der Waals surface area contributed by atoms with Crippen molar-refractivity contribution in [3.8, 4) is 11.5 Å². The molecule has 2 aromatic carbocycles. The van der Waals surface area contributed by atoms with Gasteiger partial charge in [0, 0.05) is 28.3 Å². The van der Waals surface area contributed by atoms with Crippen LogP contribution >= 0.6 is 0 Å². The van der Waals surface area contributed by atoms with E-state index in [2.05, 4.69) is 0 Å². The van der Waals surface area contributed by atoms with Gasteiger partial charge < -0.3 is 36.0 Å². The summed E-state index contributed by atoms with van der Waals surface area (Å²) >= 11 is 0. The van der Waals surface area contributed by atoms with Gasteiger partial charge in [0.1, 0.15) is 11.5 Å². The fourth-order valence-electron chi connectivity index (χ4n) is 6.21. The maximum Gasteiger partial charge on any atom is 0.198 e. The van der Waals surface area contributed by atoms with Crippen molar-refractivity contribution in [2.24, 2.45) is 11.7 Å². The quantitative estimate of drug-likeness (QED) is 0.289. The van der Waals surface area contributed by atoms with Crippen LogP contribution < -0.4 is 5.73 Å². The van der Waals surface area contributed by atoms with Crippen molar-refractivity contribution in [2.75, 3.05) is 6.61 Å². The molecule has 0 bridgehead atoms. The molecule has 2 aliphatic carbocycles. The number of hydrogen-bond donors (Lipinski definition) is 6. The Bertz CT molecular complexity index is 1210. The molecule has 1 aliphatic heterocycles. The van der Waals surface area contributed by atoms with Crippen molar-refractivity contribution in [1.82, 2.24) is 0 Å². The third kappa shape index (κ3) is 3.82. The summed E-state index contributed by atoms with van der Waals surface area (Å²) in [5.74, 6) is -2.74. The van der Waals surface area contributed by atoms with Gasteiger partial charge in [0.2, 0.25) is 0 Å². The Morgan fingerprint density at radius 3 is 2.25 bits per heavy atom. The zero-order valence-corrected chi connectivity index (χ0v) is 19.9. The number of carbonyl (C=O) groups excluding carboxylic acids is 2. The minimum absolute atomic E-state index is 0.115. The number of phenolic OH excluding ortho intramolecular Hbond substituents is 2. The van der Waals surface area contributed by atoms with Crippen LogP contribution in [0.4, 0.5) is 0 Å². The summed E-state index contributed by atoms with van der Waals surface area (Å²) < 4.78 is 5.97. The van der Waals surface area contributed by atoms with Crippen molar-refractivity contribution >= 4 is 11.6 Å². The van der Waals surface area contributed by atoms with Gasteiger partial charge in [0.15, 0.2) is 11.6 Å². The summed E-state index contributed by atoms with van der Waals surface area (Å²) in [7, 11) is 0. The molecule has 0 spiro atoms. The molecule has 5 rings (SSSR count). The van der Waals surface area contributed by atoms with Crippen molar-refractivity contribution in [1.29, 1.82) is 0 Å². The van der Waals surface area contributed by atoms with Crippen LogP contribution in [0, 0.1) is 5.92 Å². The molecule has 0 amide bonds. The second-order valence-corrected chi connectivity index (χ2v) is 10.3. The van der Waals surface area contributed by atoms with Gasteiger partial charge in [-0.2, -0.15) is 0 Å². The summed E-state index contributed by atoms with van der Waals surface area (Å²) in [6.07, 6.45) is -1.58. The van der Waals surface area contributed by atoms with Crippen molar-refractivity contribution in [3.05, 3.63) is 57.6 Å². The van der Waals surface area contributed by atoms with Crippen LogP contribution in [0.25, 0.3) is 0 Å². The number of phenols is 2. The Morgan fingerprint density at radius 1 is 1.06 bits per heavy atom. The second-order valence-electron chi connectivity index (χ2n) is 10.3. The lowest BCUT2D eigenvalue weighted by Crippen LogP contribution is -2.51. The van der Waals surface area contributed by atoms with E-state index in [0.717, 1.165) is 0 Å². The first-order valence-corrected chi connectivity index (χ1v) is 12.3. The highest BCUT2D eigenvalue weighted by atomic mass is 16.5. The third-order valence-corrected chi connectivity index (χ3v) is 8.06. The van der Waals surface area contributed by atoms with Gasteiger partial charge in [-0.3, -0.25) is 9.59 Å². The number of nitrogens with two attached hydrogens (primary N) is 1. The smallest absolute Gasteiger partial charge is 0.198 e. The molecule has 7 N–H and O–H groups in total. The topological polar surface area (TPSA) is 171 Å². The summed E-state index contributed by atoms with van der Waals surface area (Å²) in [6, 6.07) is 5.79. The molecule has 9 nitrogen and oxygen atoms in total. The third-order valence-electron chi connectivity index (χ3n) is 8.06. The number of aromatic hydroxyl groups is 2.